The van der Waals surface area contributed by atoms with Gasteiger partial charge in [0, 0.05) is 32.1 Å². The molecule has 0 unspecified atom stereocenters. The Labute approximate surface area is 174 Å². The fraction of sp³-hybridized carbons (Fsp3) is 0.667. The van der Waals surface area contributed by atoms with Gasteiger partial charge in [-0.2, -0.15) is 4.31 Å². The lowest BCUT2D eigenvalue weighted by Gasteiger charge is -2.31. The second-order valence-electron chi connectivity index (χ2n) is 7.92. The quantitative estimate of drug-likeness (QED) is 0.729. The number of ether oxygens (including phenoxy) is 1. The minimum atomic E-state index is -3.56. The van der Waals surface area contributed by atoms with Gasteiger partial charge in [-0.3, -0.25) is 4.79 Å². The Hall–Kier alpha value is -1.64. The second-order valence-corrected chi connectivity index (χ2v) is 9.86. The molecule has 29 heavy (non-hydrogen) atoms. The second kappa shape index (κ2) is 9.91. The largest absolute Gasteiger partial charge is 0.378 e. The molecular formula is C21H33N3O4S. The van der Waals surface area contributed by atoms with Crippen LogP contribution in [-0.2, 0) is 19.6 Å². The number of hydrogen-bond acceptors (Lipinski definition) is 5. The van der Waals surface area contributed by atoms with Crippen molar-refractivity contribution in [1.29, 1.82) is 0 Å². The first-order chi connectivity index (χ1) is 13.9. The van der Waals surface area contributed by atoms with Gasteiger partial charge in [0.25, 0.3) is 0 Å². The molecule has 0 radical (unpaired) electrons. The van der Waals surface area contributed by atoms with Crippen LogP contribution in [0.25, 0.3) is 0 Å². The molecule has 7 nitrogen and oxygen atoms in total. The van der Waals surface area contributed by atoms with Crippen molar-refractivity contribution in [1.82, 2.24) is 4.31 Å². The third-order valence-corrected chi connectivity index (χ3v) is 7.59. The number of rotatable bonds is 7. The first-order valence-electron chi connectivity index (χ1n) is 10.7. The predicted octanol–water partition coefficient (Wildman–Crippen LogP) is 3.07. The van der Waals surface area contributed by atoms with E-state index in [0.717, 1.165) is 37.8 Å². The summed E-state index contributed by atoms with van der Waals surface area (Å²) in [5.41, 5.74) is 1.42. The highest BCUT2D eigenvalue weighted by Crippen LogP contribution is 2.32. The van der Waals surface area contributed by atoms with Crippen molar-refractivity contribution in [3.63, 3.8) is 0 Å². The molecule has 2 saturated heterocycles. The van der Waals surface area contributed by atoms with Crippen molar-refractivity contribution in [2.24, 2.45) is 5.92 Å². The third-order valence-electron chi connectivity index (χ3n) is 5.70. The highest BCUT2D eigenvalue weighted by Gasteiger charge is 2.28. The Balaban J connectivity index is 1.92. The van der Waals surface area contributed by atoms with E-state index in [2.05, 4.69) is 17.1 Å². The van der Waals surface area contributed by atoms with Crippen LogP contribution in [0.1, 0.15) is 46.0 Å². The zero-order valence-corrected chi connectivity index (χ0v) is 18.3. The molecule has 162 valence electrons. The number of carbonyl (C=O) groups excluding carboxylic acids is 1. The number of hydrogen-bond donors (Lipinski definition) is 1. The minimum Gasteiger partial charge on any atom is -0.378 e. The molecule has 0 saturated carbocycles. The molecule has 2 aliphatic rings. The third kappa shape index (κ3) is 5.29. The average molecular weight is 424 g/mol. The predicted molar refractivity (Wildman–Crippen MR) is 115 cm³/mol. The normalized spacial score (nSPS) is 19.7. The lowest BCUT2D eigenvalue weighted by atomic mass is 10.1. The summed E-state index contributed by atoms with van der Waals surface area (Å²) < 4.78 is 33.3. The first-order valence-corrected chi connectivity index (χ1v) is 12.1. The summed E-state index contributed by atoms with van der Waals surface area (Å²) in [6.45, 7) is 7.74. The van der Waals surface area contributed by atoms with Crippen LogP contribution in [-0.4, -0.2) is 58.0 Å². The molecule has 2 aliphatic heterocycles. The Morgan fingerprint density at radius 2 is 1.83 bits per heavy atom. The van der Waals surface area contributed by atoms with Gasteiger partial charge < -0.3 is 15.0 Å². The van der Waals surface area contributed by atoms with Gasteiger partial charge in [0.2, 0.25) is 15.9 Å². The molecule has 3 rings (SSSR count). The van der Waals surface area contributed by atoms with E-state index in [1.165, 1.54) is 0 Å². The van der Waals surface area contributed by atoms with Crippen LogP contribution in [0.3, 0.4) is 0 Å². The van der Waals surface area contributed by atoms with E-state index in [1.807, 2.05) is 13.0 Å². The van der Waals surface area contributed by atoms with Gasteiger partial charge in [-0.15, -0.1) is 0 Å². The number of sulfonamides is 1. The summed E-state index contributed by atoms with van der Waals surface area (Å²) >= 11 is 0. The summed E-state index contributed by atoms with van der Waals surface area (Å²) in [5, 5.41) is 3.00. The summed E-state index contributed by atoms with van der Waals surface area (Å²) in [6.07, 6.45) is 4.57. The number of morpholine rings is 1. The molecular weight excluding hydrogens is 390 g/mol. The van der Waals surface area contributed by atoms with Crippen molar-refractivity contribution < 1.29 is 17.9 Å². The van der Waals surface area contributed by atoms with Crippen molar-refractivity contribution in [3.05, 3.63) is 18.2 Å². The first kappa shape index (κ1) is 22.1. The maximum absolute atomic E-state index is 13.1. The highest BCUT2D eigenvalue weighted by molar-refractivity contribution is 7.89. The average Bonchev–Trinajstić information content (AvgIpc) is 2.75. The van der Waals surface area contributed by atoms with Crippen LogP contribution >= 0.6 is 0 Å². The molecule has 2 heterocycles. The van der Waals surface area contributed by atoms with Gasteiger partial charge in [0.1, 0.15) is 0 Å². The number of benzene rings is 1. The van der Waals surface area contributed by atoms with E-state index >= 15 is 0 Å². The minimum absolute atomic E-state index is 0.0751. The fourth-order valence-electron chi connectivity index (χ4n) is 3.93. The Morgan fingerprint density at radius 1 is 1.14 bits per heavy atom. The smallest absolute Gasteiger partial charge is 0.243 e. The van der Waals surface area contributed by atoms with Crippen LogP contribution < -0.4 is 10.2 Å². The monoisotopic (exact) mass is 423 g/mol. The van der Waals surface area contributed by atoms with E-state index in [-0.39, 0.29) is 16.7 Å². The number of amides is 1. The van der Waals surface area contributed by atoms with E-state index in [9.17, 15) is 13.2 Å². The molecule has 0 aromatic heterocycles. The van der Waals surface area contributed by atoms with Crippen LogP contribution in [0.2, 0.25) is 0 Å². The summed E-state index contributed by atoms with van der Waals surface area (Å²) in [5.74, 6) is -0.200. The number of piperidine rings is 1. The van der Waals surface area contributed by atoms with Gasteiger partial charge >= 0.3 is 0 Å². The fourth-order valence-corrected chi connectivity index (χ4v) is 5.47. The molecule has 1 aromatic rings. The standard InChI is InChI=1S/C21H33N3O4S/c1-3-7-17(2)21(25)22-19-16-18(29(26,27)24-10-5-4-6-11-24)8-9-20(19)23-12-14-28-15-13-23/h8-9,16-17H,3-7,10-15H2,1-2H3,(H,22,25)/t17-/m0/s1. The van der Waals surface area contributed by atoms with E-state index in [1.54, 1.807) is 16.4 Å². The van der Waals surface area contributed by atoms with E-state index < -0.39 is 10.0 Å². The van der Waals surface area contributed by atoms with Crippen LogP contribution in [0.5, 0.6) is 0 Å². The SMILES string of the molecule is CCC[C@H](C)C(=O)Nc1cc(S(=O)(=O)N2CCCCC2)ccc1N1CCOCC1. The molecule has 1 amide bonds. The number of nitrogens with zero attached hydrogens (tertiary/aromatic N) is 2. The van der Waals surface area contributed by atoms with Gasteiger partial charge in [-0.05, 0) is 37.5 Å². The van der Waals surface area contributed by atoms with Gasteiger partial charge in [0.05, 0.1) is 29.5 Å². The molecule has 1 N–H and O–H groups in total. The zero-order chi connectivity index (χ0) is 20.9. The van der Waals surface area contributed by atoms with Crippen LogP contribution in [0, 0.1) is 5.92 Å². The van der Waals surface area contributed by atoms with Crippen molar-refractivity contribution in [2.45, 2.75) is 50.8 Å². The summed E-state index contributed by atoms with van der Waals surface area (Å²) in [6, 6.07) is 5.12. The summed E-state index contributed by atoms with van der Waals surface area (Å²) in [7, 11) is -3.56. The van der Waals surface area contributed by atoms with Gasteiger partial charge in [0.15, 0.2) is 0 Å². The molecule has 0 aliphatic carbocycles. The topological polar surface area (TPSA) is 79.0 Å². The number of carbonyl (C=O) groups is 1. The molecule has 8 heteroatoms. The van der Waals surface area contributed by atoms with Crippen molar-refractivity contribution >= 4 is 27.3 Å². The van der Waals surface area contributed by atoms with Crippen molar-refractivity contribution in [2.75, 3.05) is 49.6 Å². The Kier molecular flexibility index (Phi) is 7.54. The van der Waals surface area contributed by atoms with Gasteiger partial charge in [-0.1, -0.05) is 26.7 Å². The molecule has 1 aromatic carbocycles. The zero-order valence-electron chi connectivity index (χ0n) is 17.5. The van der Waals surface area contributed by atoms with Crippen molar-refractivity contribution in [3.8, 4) is 0 Å². The number of nitrogens with one attached hydrogen (secondary N) is 1. The highest BCUT2D eigenvalue weighted by atomic mass is 32.2. The molecule has 2 fully saturated rings. The van der Waals surface area contributed by atoms with E-state index in [0.29, 0.717) is 45.1 Å². The maximum atomic E-state index is 13.1. The lowest BCUT2D eigenvalue weighted by molar-refractivity contribution is -0.119. The maximum Gasteiger partial charge on any atom is 0.243 e. The van der Waals surface area contributed by atoms with Crippen LogP contribution in [0.4, 0.5) is 11.4 Å². The Morgan fingerprint density at radius 3 is 2.48 bits per heavy atom. The Bertz CT molecular complexity index is 800. The molecule has 0 bridgehead atoms. The van der Waals surface area contributed by atoms with Gasteiger partial charge in [-0.25, -0.2) is 8.42 Å². The molecule has 0 spiro atoms. The summed E-state index contributed by atoms with van der Waals surface area (Å²) in [4.78, 5) is 15.1. The van der Waals surface area contributed by atoms with Crippen LogP contribution in [0.15, 0.2) is 23.1 Å². The lowest BCUT2D eigenvalue weighted by Crippen LogP contribution is -2.37. The number of anilines is 2. The molecule has 1 atom stereocenters. The van der Waals surface area contributed by atoms with E-state index in [4.69, 9.17) is 4.74 Å².